The van der Waals surface area contributed by atoms with Crippen molar-refractivity contribution in [2.24, 2.45) is 0 Å². The average Bonchev–Trinajstić information content (AvgIpc) is 3.22. The van der Waals surface area contributed by atoms with Gasteiger partial charge >= 0.3 is 0 Å². The number of benzene rings is 1. The van der Waals surface area contributed by atoms with E-state index in [9.17, 15) is 8.42 Å². The number of aryl methyl sites for hydroxylation is 4. The van der Waals surface area contributed by atoms with E-state index in [-0.39, 0.29) is 4.90 Å². The Bertz CT molecular complexity index is 1420. The minimum atomic E-state index is -3.51. The van der Waals surface area contributed by atoms with Gasteiger partial charge in [-0.3, -0.25) is 0 Å². The molecule has 4 rings (SSSR count). The Morgan fingerprint density at radius 1 is 1.12 bits per heavy atom. The van der Waals surface area contributed by atoms with Crippen LogP contribution in [0.15, 0.2) is 28.1 Å². The highest BCUT2D eigenvalue weighted by Gasteiger charge is 2.20. The minimum absolute atomic E-state index is 0.257. The number of thioether (sulfide) groups is 1. The van der Waals surface area contributed by atoms with E-state index >= 15 is 0 Å². The summed E-state index contributed by atoms with van der Waals surface area (Å²) in [4.78, 5) is 16.7. The normalized spacial score (nSPS) is 12.5. The van der Waals surface area contributed by atoms with Crippen LogP contribution in [0.1, 0.15) is 35.4 Å². The maximum Gasteiger partial charge on any atom is 0.242 e. The van der Waals surface area contributed by atoms with Crippen molar-refractivity contribution >= 4 is 54.4 Å². The van der Waals surface area contributed by atoms with Crippen LogP contribution >= 0.6 is 23.1 Å². The van der Waals surface area contributed by atoms with Crippen molar-refractivity contribution in [1.82, 2.24) is 23.8 Å². The Hall–Kier alpha value is -2.01. The maximum atomic E-state index is 12.6. The standard InChI is InChI=1S/C22H27N5O2S3/c1-7-10-27-18-9-8-16(32(28,29)26(5)6)11-17(18)25-19(27)12-30-21-20-13(2)14(3)31-22(20)24-15(4)23-21/h8-9,11H,7,10,12H2,1-6H3. The molecule has 0 aliphatic carbocycles. The molecule has 0 saturated carbocycles. The Morgan fingerprint density at radius 3 is 2.56 bits per heavy atom. The van der Waals surface area contributed by atoms with Gasteiger partial charge in [0.05, 0.1) is 21.7 Å². The van der Waals surface area contributed by atoms with E-state index in [2.05, 4.69) is 30.3 Å². The van der Waals surface area contributed by atoms with Gasteiger partial charge in [0.15, 0.2) is 0 Å². The summed E-state index contributed by atoms with van der Waals surface area (Å²) in [6.45, 7) is 9.11. The molecular weight excluding hydrogens is 462 g/mol. The zero-order chi connectivity index (χ0) is 23.2. The first-order valence-corrected chi connectivity index (χ1v) is 13.7. The van der Waals surface area contributed by atoms with Gasteiger partial charge in [0.1, 0.15) is 21.5 Å². The number of hydrogen-bond donors (Lipinski definition) is 0. The van der Waals surface area contributed by atoms with Gasteiger partial charge in [0.2, 0.25) is 10.0 Å². The molecule has 0 spiro atoms. The van der Waals surface area contributed by atoms with Crippen molar-refractivity contribution in [2.75, 3.05) is 14.1 Å². The van der Waals surface area contributed by atoms with Crippen LogP contribution in [0.4, 0.5) is 0 Å². The van der Waals surface area contributed by atoms with Gasteiger partial charge in [-0.15, -0.1) is 11.3 Å². The highest BCUT2D eigenvalue weighted by molar-refractivity contribution is 7.98. The van der Waals surface area contributed by atoms with Crippen molar-refractivity contribution < 1.29 is 8.42 Å². The summed E-state index contributed by atoms with van der Waals surface area (Å²) in [5, 5.41) is 2.10. The van der Waals surface area contributed by atoms with Crippen LogP contribution in [-0.4, -0.2) is 46.3 Å². The van der Waals surface area contributed by atoms with E-state index < -0.39 is 10.0 Å². The lowest BCUT2D eigenvalue weighted by Gasteiger charge is -2.11. The Kier molecular flexibility index (Phi) is 6.32. The molecule has 32 heavy (non-hydrogen) atoms. The van der Waals surface area contributed by atoms with Crippen molar-refractivity contribution in [2.45, 2.75) is 56.3 Å². The largest absolute Gasteiger partial charge is 0.327 e. The van der Waals surface area contributed by atoms with Crippen molar-refractivity contribution in [3.63, 3.8) is 0 Å². The fourth-order valence-corrected chi connectivity index (χ4v) is 6.80. The number of hydrogen-bond acceptors (Lipinski definition) is 7. The molecular formula is C22H27N5O2S3. The lowest BCUT2D eigenvalue weighted by atomic mass is 10.2. The van der Waals surface area contributed by atoms with Crippen LogP contribution < -0.4 is 0 Å². The highest BCUT2D eigenvalue weighted by atomic mass is 32.2. The lowest BCUT2D eigenvalue weighted by Crippen LogP contribution is -2.22. The summed E-state index contributed by atoms with van der Waals surface area (Å²) in [6, 6.07) is 5.20. The number of thiophene rings is 1. The van der Waals surface area contributed by atoms with Crippen LogP contribution in [0.2, 0.25) is 0 Å². The van der Waals surface area contributed by atoms with Gasteiger partial charge in [-0.2, -0.15) is 0 Å². The van der Waals surface area contributed by atoms with E-state index in [1.54, 1.807) is 35.2 Å². The minimum Gasteiger partial charge on any atom is -0.327 e. The smallest absolute Gasteiger partial charge is 0.242 e. The Labute approximate surface area is 196 Å². The number of imidazole rings is 1. The monoisotopic (exact) mass is 489 g/mol. The fraction of sp³-hybridized carbons (Fsp3) is 0.409. The molecule has 4 aromatic rings. The molecule has 0 N–H and O–H groups in total. The molecule has 0 amide bonds. The summed E-state index contributed by atoms with van der Waals surface area (Å²) in [7, 11) is -0.433. The molecule has 1 aromatic carbocycles. The van der Waals surface area contributed by atoms with Gasteiger partial charge in [0, 0.05) is 30.9 Å². The number of sulfonamides is 1. The van der Waals surface area contributed by atoms with Crippen LogP contribution in [0.3, 0.4) is 0 Å². The second kappa shape index (κ2) is 8.74. The molecule has 0 fully saturated rings. The maximum absolute atomic E-state index is 12.6. The Balaban J connectivity index is 1.75. The molecule has 0 unspecified atom stereocenters. The van der Waals surface area contributed by atoms with Gasteiger partial charge in [-0.05, 0) is 51.0 Å². The molecule has 0 bridgehead atoms. The van der Waals surface area contributed by atoms with Crippen molar-refractivity contribution in [1.29, 1.82) is 0 Å². The second-order valence-corrected chi connectivity index (χ2v) is 12.3. The lowest BCUT2D eigenvalue weighted by molar-refractivity contribution is 0.521. The molecule has 0 aliphatic heterocycles. The predicted molar refractivity (Wildman–Crippen MR) is 132 cm³/mol. The molecule has 10 heteroatoms. The van der Waals surface area contributed by atoms with E-state index in [1.165, 1.54) is 28.8 Å². The number of fused-ring (bicyclic) bond motifs is 2. The molecule has 0 aliphatic rings. The molecule has 7 nitrogen and oxygen atoms in total. The van der Waals surface area contributed by atoms with Crippen LogP contribution in [0, 0.1) is 20.8 Å². The molecule has 3 aromatic heterocycles. The first-order valence-electron chi connectivity index (χ1n) is 10.4. The van der Waals surface area contributed by atoms with Gasteiger partial charge in [-0.25, -0.2) is 27.7 Å². The first-order chi connectivity index (χ1) is 15.1. The van der Waals surface area contributed by atoms with E-state index in [0.717, 1.165) is 45.4 Å². The average molecular weight is 490 g/mol. The third-order valence-electron chi connectivity index (χ3n) is 5.47. The van der Waals surface area contributed by atoms with Crippen molar-refractivity contribution in [3.05, 3.63) is 40.3 Å². The van der Waals surface area contributed by atoms with Gasteiger partial charge in [-0.1, -0.05) is 18.7 Å². The number of aromatic nitrogens is 4. The van der Waals surface area contributed by atoms with Crippen LogP contribution in [0.25, 0.3) is 21.3 Å². The summed E-state index contributed by atoms with van der Waals surface area (Å²) in [5.74, 6) is 2.33. The first kappa shape index (κ1) is 23.2. The topological polar surface area (TPSA) is 81.0 Å². The SMILES string of the molecule is CCCn1c(CSc2nc(C)nc3sc(C)c(C)c23)nc2cc(S(=O)(=O)N(C)C)ccc21. The van der Waals surface area contributed by atoms with Gasteiger partial charge in [0.25, 0.3) is 0 Å². The van der Waals surface area contributed by atoms with Crippen molar-refractivity contribution in [3.8, 4) is 0 Å². The van der Waals surface area contributed by atoms with Crippen LogP contribution in [0.5, 0.6) is 0 Å². The predicted octanol–water partition coefficient (Wildman–Crippen LogP) is 4.92. The number of rotatable bonds is 7. The molecule has 3 heterocycles. The zero-order valence-corrected chi connectivity index (χ0v) is 21.6. The summed E-state index contributed by atoms with van der Waals surface area (Å²) in [5.41, 5.74) is 2.88. The van der Waals surface area contributed by atoms with Crippen LogP contribution in [-0.2, 0) is 22.3 Å². The second-order valence-electron chi connectivity index (χ2n) is 7.95. The molecule has 0 saturated heterocycles. The fourth-order valence-electron chi connectivity index (χ4n) is 3.67. The molecule has 0 radical (unpaired) electrons. The van der Waals surface area contributed by atoms with Gasteiger partial charge < -0.3 is 4.57 Å². The van der Waals surface area contributed by atoms with E-state index in [0.29, 0.717) is 11.3 Å². The van der Waals surface area contributed by atoms with E-state index in [1.807, 2.05) is 13.0 Å². The third kappa shape index (κ3) is 4.05. The highest BCUT2D eigenvalue weighted by Crippen LogP contribution is 2.36. The quantitative estimate of drug-likeness (QED) is 0.271. The summed E-state index contributed by atoms with van der Waals surface area (Å²) < 4.78 is 28.5. The number of nitrogens with zero attached hydrogens (tertiary/aromatic N) is 5. The summed E-state index contributed by atoms with van der Waals surface area (Å²) in [6.07, 6.45) is 0.959. The molecule has 170 valence electrons. The third-order valence-corrected chi connectivity index (χ3v) is 9.35. The van der Waals surface area contributed by atoms with E-state index in [4.69, 9.17) is 9.97 Å². The summed E-state index contributed by atoms with van der Waals surface area (Å²) >= 11 is 3.36. The zero-order valence-electron chi connectivity index (χ0n) is 19.1. The molecule has 0 atom stereocenters. The Morgan fingerprint density at radius 2 is 1.88 bits per heavy atom.